The molecular weight excluding hydrogens is 324 g/mol. The molecule has 3 N–H and O–H groups in total. The summed E-state index contributed by atoms with van der Waals surface area (Å²) >= 11 is 1.44. The number of hydrogen-bond acceptors (Lipinski definition) is 4. The van der Waals surface area contributed by atoms with Gasteiger partial charge in [0.1, 0.15) is 10.6 Å². The third-order valence-corrected chi connectivity index (χ3v) is 4.56. The van der Waals surface area contributed by atoms with Gasteiger partial charge in [0, 0.05) is 17.0 Å². The summed E-state index contributed by atoms with van der Waals surface area (Å²) < 4.78 is 0. The number of carbonyl (C=O) groups excluding carboxylic acids is 2. The Morgan fingerprint density at radius 3 is 2.88 bits per heavy atom. The van der Waals surface area contributed by atoms with Crippen molar-refractivity contribution in [1.29, 1.82) is 0 Å². The highest BCUT2D eigenvalue weighted by atomic mass is 32.1. The SMILES string of the molecule is CCNC(=O)Cc1cc2c(NC(=O)c3cccc(C)c3)[nH]nc2s1. The van der Waals surface area contributed by atoms with Gasteiger partial charge in [-0.25, -0.2) is 0 Å². The second-order valence-corrected chi connectivity index (χ2v) is 6.60. The first-order valence-electron chi connectivity index (χ1n) is 7.68. The fourth-order valence-corrected chi connectivity index (χ4v) is 3.42. The Balaban J connectivity index is 1.79. The Labute approximate surface area is 143 Å². The van der Waals surface area contributed by atoms with Crippen LogP contribution in [0.1, 0.15) is 27.7 Å². The van der Waals surface area contributed by atoms with Gasteiger partial charge >= 0.3 is 0 Å². The second kappa shape index (κ2) is 6.84. The Hall–Kier alpha value is -2.67. The van der Waals surface area contributed by atoms with E-state index in [2.05, 4.69) is 20.8 Å². The van der Waals surface area contributed by atoms with Crippen LogP contribution in [0.5, 0.6) is 0 Å². The maximum atomic E-state index is 12.4. The molecule has 7 heteroatoms. The van der Waals surface area contributed by atoms with Gasteiger partial charge in [-0.3, -0.25) is 14.7 Å². The van der Waals surface area contributed by atoms with Crippen LogP contribution in [-0.4, -0.2) is 28.6 Å². The van der Waals surface area contributed by atoms with Gasteiger partial charge in [-0.1, -0.05) is 17.7 Å². The molecule has 2 heterocycles. The van der Waals surface area contributed by atoms with E-state index in [9.17, 15) is 9.59 Å². The second-order valence-electron chi connectivity index (χ2n) is 5.48. The fourth-order valence-electron chi connectivity index (χ4n) is 2.43. The van der Waals surface area contributed by atoms with Crippen molar-refractivity contribution in [3.05, 3.63) is 46.3 Å². The van der Waals surface area contributed by atoms with Gasteiger partial charge in [0.25, 0.3) is 5.91 Å². The third kappa shape index (κ3) is 3.46. The number of nitrogens with zero attached hydrogens (tertiary/aromatic N) is 1. The van der Waals surface area contributed by atoms with Gasteiger partial charge in [-0.2, -0.15) is 5.10 Å². The molecule has 0 fully saturated rings. The summed E-state index contributed by atoms with van der Waals surface area (Å²) in [5.41, 5.74) is 1.62. The van der Waals surface area contributed by atoms with Crippen molar-refractivity contribution in [2.75, 3.05) is 11.9 Å². The molecule has 0 saturated heterocycles. The first-order valence-corrected chi connectivity index (χ1v) is 8.50. The number of H-pyrrole nitrogens is 1. The predicted molar refractivity (Wildman–Crippen MR) is 95.5 cm³/mol. The van der Waals surface area contributed by atoms with Gasteiger partial charge in [-0.05, 0) is 32.0 Å². The van der Waals surface area contributed by atoms with Gasteiger partial charge in [0.2, 0.25) is 5.91 Å². The normalized spacial score (nSPS) is 10.8. The number of nitrogens with one attached hydrogen (secondary N) is 3. The van der Waals surface area contributed by atoms with E-state index >= 15 is 0 Å². The number of rotatable bonds is 5. The molecule has 1 aromatic carbocycles. The van der Waals surface area contributed by atoms with E-state index < -0.39 is 0 Å². The zero-order chi connectivity index (χ0) is 17.1. The predicted octanol–water partition coefficient (Wildman–Crippen LogP) is 2.86. The van der Waals surface area contributed by atoms with Crippen molar-refractivity contribution in [3.63, 3.8) is 0 Å². The summed E-state index contributed by atoms with van der Waals surface area (Å²) in [7, 11) is 0. The lowest BCUT2D eigenvalue weighted by atomic mass is 10.1. The molecule has 2 aromatic heterocycles. The van der Waals surface area contributed by atoms with E-state index in [-0.39, 0.29) is 11.8 Å². The number of aromatic nitrogens is 2. The number of carbonyl (C=O) groups is 2. The van der Waals surface area contributed by atoms with Crippen molar-refractivity contribution in [2.45, 2.75) is 20.3 Å². The Kier molecular flexibility index (Phi) is 4.61. The minimum absolute atomic E-state index is 0.0178. The molecule has 3 aromatic rings. The Bertz CT molecular complexity index is 897. The number of thiophene rings is 1. The first kappa shape index (κ1) is 16.2. The van der Waals surface area contributed by atoms with Gasteiger partial charge in [0.15, 0.2) is 0 Å². The molecule has 124 valence electrons. The largest absolute Gasteiger partial charge is 0.356 e. The highest BCUT2D eigenvalue weighted by Gasteiger charge is 2.15. The molecule has 0 aliphatic carbocycles. The summed E-state index contributed by atoms with van der Waals surface area (Å²) in [5.74, 6) is 0.339. The molecule has 24 heavy (non-hydrogen) atoms. The van der Waals surface area contributed by atoms with E-state index in [0.717, 1.165) is 20.7 Å². The molecular formula is C17H18N4O2S. The number of amides is 2. The first-order chi connectivity index (χ1) is 11.6. The number of aromatic amines is 1. The van der Waals surface area contributed by atoms with Crippen LogP contribution >= 0.6 is 11.3 Å². The number of anilines is 1. The van der Waals surface area contributed by atoms with E-state index in [1.54, 1.807) is 6.07 Å². The minimum atomic E-state index is -0.194. The molecule has 6 nitrogen and oxygen atoms in total. The minimum Gasteiger partial charge on any atom is -0.356 e. The van der Waals surface area contributed by atoms with Crippen LogP contribution in [-0.2, 0) is 11.2 Å². The maximum absolute atomic E-state index is 12.4. The number of benzene rings is 1. The average molecular weight is 342 g/mol. The zero-order valence-electron chi connectivity index (χ0n) is 13.5. The van der Waals surface area contributed by atoms with Crippen LogP contribution in [0.15, 0.2) is 30.3 Å². The van der Waals surface area contributed by atoms with E-state index in [1.165, 1.54) is 11.3 Å². The number of aryl methyl sites for hydroxylation is 1. The Morgan fingerprint density at radius 2 is 2.12 bits per heavy atom. The van der Waals surface area contributed by atoms with Crippen molar-refractivity contribution < 1.29 is 9.59 Å². The lowest BCUT2D eigenvalue weighted by Gasteiger charge is -2.03. The molecule has 0 radical (unpaired) electrons. The quantitative estimate of drug-likeness (QED) is 0.666. The van der Waals surface area contributed by atoms with Crippen molar-refractivity contribution in [3.8, 4) is 0 Å². The summed E-state index contributed by atoms with van der Waals surface area (Å²) in [6, 6.07) is 9.28. The van der Waals surface area contributed by atoms with Gasteiger partial charge < -0.3 is 10.6 Å². The van der Waals surface area contributed by atoms with E-state index in [4.69, 9.17) is 0 Å². The molecule has 0 atom stereocenters. The highest BCUT2D eigenvalue weighted by Crippen LogP contribution is 2.29. The van der Waals surface area contributed by atoms with Crippen molar-refractivity contribution in [2.24, 2.45) is 0 Å². The smallest absolute Gasteiger partial charge is 0.256 e. The van der Waals surface area contributed by atoms with Crippen LogP contribution in [0.2, 0.25) is 0 Å². The zero-order valence-corrected chi connectivity index (χ0v) is 14.3. The molecule has 0 aliphatic heterocycles. The number of likely N-dealkylation sites (N-methyl/N-ethyl adjacent to an activating group) is 1. The Morgan fingerprint density at radius 1 is 1.29 bits per heavy atom. The van der Waals surface area contributed by atoms with Crippen molar-refractivity contribution >= 4 is 39.2 Å². The average Bonchev–Trinajstić information content (AvgIpc) is 3.09. The summed E-state index contributed by atoms with van der Waals surface area (Å²) in [5, 5.41) is 13.5. The monoisotopic (exact) mass is 342 g/mol. The molecule has 0 spiro atoms. The molecule has 0 aliphatic rings. The van der Waals surface area contributed by atoms with Crippen LogP contribution in [0.25, 0.3) is 10.2 Å². The van der Waals surface area contributed by atoms with E-state index in [1.807, 2.05) is 38.1 Å². The topological polar surface area (TPSA) is 86.9 Å². The summed E-state index contributed by atoms with van der Waals surface area (Å²) in [6.45, 7) is 4.44. The molecule has 0 unspecified atom stereocenters. The number of fused-ring (bicyclic) bond motifs is 1. The highest BCUT2D eigenvalue weighted by molar-refractivity contribution is 7.18. The lowest BCUT2D eigenvalue weighted by Crippen LogP contribution is -2.23. The third-order valence-electron chi connectivity index (χ3n) is 3.53. The van der Waals surface area contributed by atoms with Gasteiger partial charge in [-0.15, -0.1) is 11.3 Å². The van der Waals surface area contributed by atoms with Crippen LogP contribution in [0.4, 0.5) is 5.82 Å². The van der Waals surface area contributed by atoms with Gasteiger partial charge in [0.05, 0.1) is 11.8 Å². The molecule has 0 saturated carbocycles. The van der Waals surface area contributed by atoms with Crippen LogP contribution < -0.4 is 10.6 Å². The maximum Gasteiger partial charge on any atom is 0.256 e. The summed E-state index contributed by atoms with van der Waals surface area (Å²) in [6.07, 6.45) is 0.320. The lowest BCUT2D eigenvalue weighted by molar-refractivity contribution is -0.120. The molecule has 3 rings (SSSR count). The molecule has 0 bridgehead atoms. The fraction of sp³-hybridized carbons (Fsp3) is 0.235. The summed E-state index contributed by atoms with van der Waals surface area (Å²) in [4.78, 5) is 25.7. The van der Waals surface area contributed by atoms with Crippen LogP contribution in [0.3, 0.4) is 0 Å². The number of hydrogen-bond donors (Lipinski definition) is 3. The molecule has 2 amide bonds. The van der Waals surface area contributed by atoms with E-state index in [0.29, 0.717) is 24.3 Å². The van der Waals surface area contributed by atoms with Crippen LogP contribution in [0, 0.1) is 6.92 Å². The standard InChI is InChI=1S/C17H18N4O2S/c1-3-18-14(22)9-12-8-13-15(20-21-17(13)24-12)19-16(23)11-6-4-5-10(2)7-11/h4-8H,3,9H2,1-2H3,(H,18,22)(H2,19,20,21,23). The van der Waals surface area contributed by atoms with Crippen molar-refractivity contribution in [1.82, 2.24) is 15.5 Å².